The number of carbonyl (C=O) groups excluding carboxylic acids is 1. The molecule has 0 spiro atoms. The highest BCUT2D eigenvalue weighted by Crippen LogP contribution is 2.33. The summed E-state index contributed by atoms with van der Waals surface area (Å²) in [7, 11) is 0. The molecule has 2 rings (SSSR count). The van der Waals surface area contributed by atoms with Gasteiger partial charge in [0.1, 0.15) is 5.60 Å². The van der Waals surface area contributed by atoms with E-state index in [1.165, 1.54) is 0 Å². The fraction of sp³-hybridized carbons (Fsp3) is 0.571. The topological polar surface area (TPSA) is 42.4 Å². The summed E-state index contributed by atoms with van der Waals surface area (Å²) >= 11 is 3.42. The molecule has 1 aromatic heterocycles. The number of pyridine rings is 1. The Hall–Kier alpha value is -1.10. The molecule has 5 heteroatoms. The molecule has 104 valence electrons. The zero-order chi connectivity index (χ0) is 14.0. The van der Waals surface area contributed by atoms with Gasteiger partial charge in [0.15, 0.2) is 0 Å². The molecule has 0 aromatic carbocycles. The molecule has 0 aliphatic carbocycles. The minimum atomic E-state index is -0.459. The Morgan fingerprint density at radius 3 is 2.84 bits per heavy atom. The Morgan fingerprint density at radius 1 is 1.47 bits per heavy atom. The van der Waals surface area contributed by atoms with Gasteiger partial charge in [0.25, 0.3) is 0 Å². The number of rotatable bonds is 1. The van der Waals surface area contributed by atoms with E-state index in [1.54, 1.807) is 11.1 Å². The number of ether oxygens (including phenoxy) is 1. The predicted octanol–water partition coefficient (Wildman–Crippen LogP) is 3.92. The summed E-state index contributed by atoms with van der Waals surface area (Å²) in [6.45, 7) is 6.40. The molecule has 1 fully saturated rings. The molecule has 2 heterocycles. The third-order valence-corrected chi connectivity index (χ3v) is 3.43. The van der Waals surface area contributed by atoms with Crippen LogP contribution in [-0.4, -0.2) is 28.1 Å². The lowest BCUT2D eigenvalue weighted by Crippen LogP contribution is -2.36. The Bertz CT molecular complexity index is 471. The van der Waals surface area contributed by atoms with Crippen molar-refractivity contribution < 1.29 is 9.53 Å². The molecule has 1 saturated heterocycles. The Kier molecular flexibility index (Phi) is 4.13. The van der Waals surface area contributed by atoms with E-state index < -0.39 is 5.60 Å². The fourth-order valence-corrected chi connectivity index (χ4v) is 2.65. The molecule has 0 unspecified atom stereocenters. The SMILES string of the molecule is CC(C)(C)OC(=O)N1CCC[C@H]1c1cncc(Br)c1. The number of halogens is 1. The Morgan fingerprint density at radius 2 is 2.21 bits per heavy atom. The van der Waals surface area contributed by atoms with Gasteiger partial charge in [-0.05, 0) is 61.2 Å². The van der Waals surface area contributed by atoms with E-state index in [4.69, 9.17) is 4.74 Å². The molecule has 0 N–H and O–H groups in total. The lowest BCUT2D eigenvalue weighted by molar-refractivity contribution is 0.0224. The van der Waals surface area contributed by atoms with Gasteiger partial charge in [0, 0.05) is 23.4 Å². The first-order valence-electron chi connectivity index (χ1n) is 6.47. The van der Waals surface area contributed by atoms with Crippen LogP contribution >= 0.6 is 15.9 Å². The van der Waals surface area contributed by atoms with Crippen LogP contribution in [0.5, 0.6) is 0 Å². The molecule has 0 radical (unpaired) electrons. The van der Waals surface area contributed by atoms with Gasteiger partial charge in [-0.25, -0.2) is 4.79 Å². The summed E-state index contributed by atoms with van der Waals surface area (Å²) in [5.74, 6) is 0. The molecule has 1 aliphatic heterocycles. The first-order valence-corrected chi connectivity index (χ1v) is 7.26. The number of carbonyl (C=O) groups is 1. The second kappa shape index (κ2) is 5.49. The molecule has 19 heavy (non-hydrogen) atoms. The van der Waals surface area contributed by atoms with Crippen LogP contribution in [0.1, 0.15) is 45.2 Å². The minimum absolute atomic E-state index is 0.0693. The fourth-order valence-electron chi connectivity index (χ4n) is 2.26. The largest absolute Gasteiger partial charge is 0.444 e. The molecule has 1 amide bonds. The normalized spacial score (nSPS) is 19.6. The van der Waals surface area contributed by atoms with E-state index in [0.717, 1.165) is 29.4 Å². The third-order valence-electron chi connectivity index (χ3n) is 2.99. The van der Waals surface area contributed by atoms with Crippen molar-refractivity contribution in [3.8, 4) is 0 Å². The van der Waals surface area contributed by atoms with Crippen LogP contribution in [0.3, 0.4) is 0 Å². The van der Waals surface area contributed by atoms with E-state index in [9.17, 15) is 4.79 Å². The molecule has 4 nitrogen and oxygen atoms in total. The van der Waals surface area contributed by atoms with E-state index in [0.29, 0.717) is 0 Å². The smallest absolute Gasteiger partial charge is 0.410 e. The zero-order valence-electron chi connectivity index (χ0n) is 11.5. The second-order valence-corrected chi connectivity index (χ2v) is 6.68. The van der Waals surface area contributed by atoms with Crippen molar-refractivity contribution in [3.05, 3.63) is 28.5 Å². The summed E-state index contributed by atoms with van der Waals surface area (Å²) in [6, 6.07) is 2.08. The van der Waals surface area contributed by atoms with Gasteiger partial charge >= 0.3 is 6.09 Å². The van der Waals surface area contributed by atoms with Crippen molar-refractivity contribution in [1.29, 1.82) is 0 Å². The minimum Gasteiger partial charge on any atom is -0.444 e. The maximum absolute atomic E-state index is 12.2. The van der Waals surface area contributed by atoms with Gasteiger partial charge in [-0.15, -0.1) is 0 Å². The van der Waals surface area contributed by atoms with Crippen molar-refractivity contribution >= 4 is 22.0 Å². The molecule has 1 aromatic rings. The number of aromatic nitrogens is 1. The highest BCUT2D eigenvalue weighted by molar-refractivity contribution is 9.10. The average Bonchev–Trinajstić information content (AvgIpc) is 2.75. The summed E-state index contributed by atoms with van der Waals surface area (Å²) in [5, 5.41) is 0. The predicted molar refractivity (Wildman–Crippen MR) is 76.9 cm³/mol. The van der Waals surface area contributed by atoms with Gasteiger partial charge in [0.2, 0.25) is 0 Å². The van der Waals surface area contributed by atoms with Crippen LogP contribution in [0.25, 0.3) is 0 Å². The van der Waals surface area contributed by atoms with Gasteiger partial charge < -0.3 is 9.64 Å². The third kappa shape index (κ3) is 3.69. The summed E-state index contributed by atoms with van der Waals surface area (Å²) < 4.78 is 6.39. The highest BCUT2D eigenvalue weighted by atomic mass is 79.9. The van der Waals surface area contributed by atoms with E-state index in [2.05, 4.69) is 20.9 Å². The number of hydrogen-bond acceptors (Lipinski definition) is 3. The zero-order valence-corrected chi connectivity index (χ0v) is 13.1. The maximum Gasteiger partial charge on any atom is 0.410 e. The monoisotopic (exact) mass is 326 g/mol. The van der Waals surface area contributed by atoms with Crippen LogP contribution in [0.4, 0.5) is 4.79 Å². The number of amides is 1. The highest BCUT2D eigenvalue weighted by Gasteiger charge is 2.33. The van der Waals surface area contributed by atoms with Crippen molar-refractivity contribution in [2.24, 2.45) is 0 Å². The van der Waals surface area contributed by atoms with Crippen LogP contribution < -0.4 is 0 Å². The van der Waals surface area contributed by atoms with Gasteiger partial charge in [0.05, 0.1) is 6.04 Å². The first kappa shape index (κ1) is 14.3. The van der Waals surface area contributed by atoms with Crippen LogP contribution in [0, 0.1) is 0 Å². The van der Waals surface area contributed by atoms with Crippen LogP contribution in [0.15, 0.2) is 22.9 Å². The average molecular weight is 327 g/mol. The Labute approximate surface area is 122 Å². The number of hydrogen-bond donors (Lipinski definition) is 0. The van der Waals surface area contributed by atoms with Crippen LogP contribution in [0.2, 0.25) is 0 Å². The summed E-state index contributed by atoms with van der Waals surface area (Å²) in [4.78, 5) is 18.2. The van der Waals surface area contributed by atoms with E-state index >= 15 is 0 Å². The van der Waals surface area contributed by atoms with Gasteiger partial charge in [-0.3, -0.25) is 4.98 Å². The Balaban J connectivity index is 2.15. The standard InChI is InChI=1S/C14H19BrN2O2/c1-14(2,3)19-13(18)17-6-4-5-12(17)10-7-11(15)9-16-8-10/h7-9,12H,4-6H2,1-3H3/t12-/m0/s1. The van der Waals surface area contributed by atoms with Crippen LogP contribution in [-0.2, 0) is 4.74 Å². The number of likely N-dealkylation sites (tertiary alicyclic amines) is 1. The quantitative estimate of drug-likeness (QED) is 0.785. The first-order chi connectivity index (χ1) is 8.87. The van der Waals surface area contributed by atoms with Crippen molar-refractivity contribution in [1.82, 2.24) is 9.88 Å². The summed E-state index contributed by atoms with van der Waals surface area (Å²) in [6.07, 6.45) is 5.28. The molecular formula is C14H19BrN2O2. The van der Waals surface area contributed by atoms with Crippen molar-refractivity contribution in [3.63, 3.8) is 0 Å². The van der Waals surface area contributed by atoms with Gasteiger partial charge in [-0.2, -0.15) is 0 Å². The van der Waals surface area contributed by atoms with Gasteiger partial charge in [-0.1, -0.05) is 0 Å². The second-order valence-electron chi connectivity index (χ2n) is 5.77. The lowest BCUT2D eigenvalue weighted by atomic mass is 10.1. The lowest BCUT2D eigenvalue weighted by Gasteiger charge is -2.28. The van der Waals surface area contributed by atoms with Crippen molar-refractivity contribution in [2.45, 2.75) is 45.3 Å². The summed E-state index contributed by atoms with van der Waals surface area (Å²) in [5.41, 5.74) is 0.595. The van der Waals surface area contributed by atoms with E-state index in [1.807, 2.05) is 33.0 Å². The molecule has 1 aliphatic rings. The molecular weight excluding hydrogens is 308 g/mol. The molecule has 0 bridgehead atoms. The van der Waals surface area contributed by atoms with Crippen molar-refractivity contribution in [2.75, 3.05) is 6.54 Å². The maximum atomic E-state index is 12.2. The molecule has 0 saturated carbocycles. The van der Waals surface area contributed by atoms with E-state index in [-0.39, 0.29) is 12.1 Å². The number of nitrogens with zero attached hydrogens (tertiary/aromatic N) is 2. The molecule has 1 atom stereocenters.